The summed E-state index contributed by atoms with van der Waals surface area (Å²) in [4.78, 5) is 0. The van der Waals surface area contributed by atoms with Gasteiger partial charge in [-0.05, 0) is 40.8 Å². The zero-order valence-electron chi connectivity index (χ0n) is 12.9. The zero-order valence-corrected chi connectivity index (χ0v) is 12.9. The van der Waals surface area contributed by atoms with Crippen molar-refractivity contribution in [3.63, 3.8) is 0 Å². The predicted octanol–water partition coefficient (Wildman–Crippen LogP) is 4.46. The van der Waals surface area contributed by atoms with Crippen LogP contribution < -0.4 is 5.73 Å². The minimum absolute atomic E-state index is 0.225. The maximum absolute atomic E-state index is 5.71. The van der Waals surface area contributed by atoms with Crippen LogP contribution in [0.5, 0.6) is 0 Å². The van der Waals surface area contributed by atoms with Crippen molar-refractivity contribution in [2.75, 3.05) is 6.54 Å². The Balaban J connectivity index is 2.90. The molecule has 1 atom stereocenters. The first-order valence-corrected chi connectivity index (χ1v) is 6.96. The van der Waals surface area contributed by atoms with Crippen LogP contribution in [0, 0.1) is 5.41 Å². The molecule has 18 heavy (non-hydrogen) atoms. The second-order valence-corrected chi connectivity index (χ2v) is 7.38. The van der Waals surface area contributed by atoms with E-state index in [0.29, 0.717) is 17.9 Å². The summed E-state index contributed by atoms with van der Waals surface area (Å²) < 4.78 is 0. The number of rotatable bonds is 4. The molecule has 1 nitrogen and oxygen atoms in total. The predicted molar refractivity (Wildman–Crippen MR) is 81.0 cm³/mol. The Labute approximate surface area is 113 Å². The monoisotopic (exact) mass is 247 g/mol. The summed E-state index contributed by atoms with van der Waals surface area (Å²) in [6, 6.07) is 9.01. The van der Waals surface area contributed by atoms with Crippen molar-refractivity contribution in [3.8, 4) is 0 Å². The molecule has 0 aliphatic heterocycles. The second kappa shape index (κ2) is 5.44. The molecule has 0 aliphatic carbocycles. The van der Waals surface area contributed by atoms with Gasteiger partial charge in [0.15, 0.2) is 0 Å². The Morgan fingerprint density at radius 3 is 1.89 bits per heavy atom. The Kier molecular flexibility index (Phi) is 4.61. The van der Waals surface area contributed by atoms with Gasteiger partial charge in [0.1, 0.15) is 0 Å². The van der Waals surface area contributed by atoms with Crippen molar-refractivity contribution in [2.24, 2.45) is 11.1 Å². The highest BCUT2D eigenvalue weighted by molar-refractivity contribution is 5.30. The van der Waals surface area contributed by atoms with Crippen LogP contribution in [0.1, 0.15) is 65.0 Å². The number of hydrogen-bond donors (Lipinski definition) is 1. The van der Waals surface area contributed by atoms with Crippen LogP contribution in [-0.2, 0) is 5.41 Å². The minimum Gasteiger partial charge on any atom is -0.330 e. The first kappa shape index (κ1) is 15.2. The highest BCUT2D eigenvalue weighted by atomic mass is 14.5. The van der Waals surface area contributed by atoms with Gasteiger partial charge in [-0.3, -0.25) is 0 Å². The summed E-state index contributed by atoms with van der Waals surface area (Å²) in [6.07, 6.45) is 1.19. The molecule has 0 saturated heterocycles. The van der Waals surface area contributed by atoms with E-state index in [2.05, 4.69) is 65.8 Å². The maximum atomic E-state index is 5.71. The maximum Gasteiger partial charge on any atom is -0.00109 e. The molecule has 0 amide bonds. The standard InChI is InChI=1S/C17H29N/c1-13(11-18)14-7-9-15(10-8-14)17(5,6)12-16(2,3)4/h7-10,13H,11-12,18H2,1-6H3. The van der Waals surface area contributed by atoms with Gasteiger partial charge < -0.3 is 5.73 Å². The molecule has 0 aromatic heterocycles. The Bertz CT molecular complexity index is 368. The van der Waals surface area contributed by atoms with Gasteiger partial charge in [-0.2, -0.15) is 0 Å². The smallest absolute Gasteiger partial charge is 0.00109 e. The Morgan fingerprint density at radius 1 is 1.00 bits per heavy atom. The van der Waals surface area contributed by atoms with Crippen molar-refractivity contribution in [3.05, 3.63) is 35.4 Å². The molecule has 102 valence electrons. The van der Waals surface area contributed by atoms with Crippen molar-refractivity contribution in [1.82, 2.24) is 0 Å². The first-order valence-electron chi connectivity index (χ1n) is 6.96. The van der Waals surface area contributed by atoms with Gasteiger partial charge in [-0.25, -0.2) is 0 Å². The van der Waals surface area contributed by atoms with Crippen LogP contribution >= 0.6 is 0 Å². The molecule has 2 N–H and O–H groups in total. The molecule has 0 fully saturated rings. The van der Waals surface area contributed by atoms with Crippen LogP contribution in [0.25, 0.3) is 0 Å². The molecule has 1 aromatic rings. The van der Waals surface area contributed by atoms with Gasteiger partial charge in [-0.1, -0.05) is 65.8 Å². The largest absolute Gasteiger partial charge is 0.330 e. The van der Waals surface area contributed by atoms with E-state index in [1.807, 2.05) is 0 Å². The van der Waals surface area contributed by atoms with Crippen molar-refractivity contribution in [1.29, 1.82) is 0 Å². The van der Waals surface area contributed by atoms with Crippen molar-refractivity contribution >= 4 is 0 Å². The molecule has 1 rings (SSSR count). The molecule has 1 aromatic carbocycles. The first-order chi connectivity index (χ1) is 8.15. The normalized spacial score (nSPS) is 14.6. The average molecular weight is 247 g/mol. The van der Waals surface area contributed by atoms with E-state index < -0.39 is 0 Å². The molecule has 0 bridgehead atoms. The van der Waals surface area contributed by atoms with Crippen molar-refractivity contribution in [2.45, 2.75) is 59.3 Å². The molecule has 1 heteroatoms. The molecular formula is C17H29N. The number of benzene rings is 1. The number of nitrogens with two attached hydrogens (primary N) is 1. The van der Waals surface area contributed by atoms with Gasteiger partial charge in [0, 0.05) is 0 Å². The lowest BCUT2D eigenvalue weighted by Gasteiger charge is -2.33. The highest BCUT2D eigenvalue weighted by Gasteiger charge is 2.27. The second-order valence-electron chi connectivity index (χ2n) is 7.38. The third-order valence-corrected chi connectivity index (χ3v) is 3.59. The Morgan fingerprint density at radius 2 is 1.50 bits per heavy atom. The summed E-state index contributed by atoms with van der Waals surface area (Å²) in [5.74, 6) is 0.449. The molecule has 0 saturated carbocycles. The third-order valence-electron chi connectivity index (χ3n) is 3.59. The SMILES string of the molecule is CC(CN)c1ccc(C(C)(C)CC(C)(C)C)cc1. The van der Waals surface area contributed by atoms with Crippen LogP contribution in [0.4, 0.5) is 0 Å². The number of hydrogen-bond acceptors (Lipinski definition) is 1. The lowest BCUT2D eigenvalue weighted by Crippen LogP contribution is -2.24. The van der Waals surface area contributed by atoms with Crippen LogP contribution in [0.2, 0.25) is 0 Å². The molecule has 0 heterocycles. The van der Waals surface area contributed by atoms with E-state index in [4.69, 9.17) is 5.73 Å². The van der Waals surface area contributed by atoms with Gasteiger partial charge in [-0.15, -0.1) is 0 Å². The molecule has 0 aliphatic rings. The van der Waals surface area contributed by atoms with Crippen molar-refractivity contribution < 1.29 is 0 Å². The average Bonchev–Trinajstić information content (AvgIpc) is 2.25. The van der Waals surface area contributed by atoms with E-state index >= 15 is 0 Å². The Hall–Kier alpha value is -0.820. The molecule has 0 spiro atoms. The molecular weight excluding hydrogens is 218 g/mol. The van der Waals surface area contributed by atoms with E-state index in [9.17, 15) is 0 Å². The zero-order chi connectivity index (χ0) is 14.0. The fourth-order valence-electron chi connectivity index (χ4n) is 2.83. The summed E-state index contributed by atoms with van der Waals surface area (Å²) in [5.41, 5.74) is 9.05. The third kappa shape index (κ3) is 4.13. The lowest BCUT2D eigenvalue weighted by molar-refractivity contribution is 0.284. The van der Waals surface area contributed by atoms with Gasteiger partial charge in [0.25, 0.3) is 0 Å². The summed E-state index contributed by atoms with van der Waals surface area (Å²) in [5, 5.41) is 0. The van der Waals surface area contributed by atoms with E-state index in [0.717, 1.165) is 0 Å². The van der Waals surface area contributed by atoms with Gasteiger partial charge in [0.2, 0.25) is 0 Å². The summed E-state index contributed by atoms with van der Waals surface area (Å²) in [7, 11) is 0. The molecule has 1 unspecified atom stereocenters. The van der Waals surface area contributed by atoms with E-state index in [1.54, 1.807) is 0 Å². The van der Waals surface area contributed by atoms with Crippen LogP contribution in [0.3, 0.4) is 0 Å². The topological polar surface area (TPSA) is 26.0 Å². The fourth-order valence-corrected chi connectivity index (χ4v) is 2.83. The summed E-state index contributed by atoms with van der Waals surface area (Å²) in [6.45, 7) is 14.5. The quantitative estimate of drug-likeness (QED) is 0.835. The van der Waals surface area contributed by atoms with Crippen LogP contribution in [0.15, 0.2) is 24.3 Å². The summed E-state index contributed by atoms with van der Waals surface area (Å²) >= 11 is 0. The van der Waals surface area contributed by atoms with Crippen LogP contribution in [-0.4, -0.2) is 6.54 Å². The lowest BCUT2D eigenvalue weighted by atomic mass is 9.72. The van der Waals surface area contributed by atoms with Gasteiger partial charge >= 0.3 is 0 Å². The molecule has 0 radical (unpaired) electrons. The minimum atomic E-state index is 0.225. The van der Waals surface area contributed by atoms with Gasteiger partial charge in [0.05, 0.1) is 0 Å². The highest BCUT2D eigenvalue weighted by Crippen LogP contribution is 2.36. The van der Waals surface area contributed by atoms with E-state index in [-0.39, 0.29) is 5.41 Å². The fraction of sp³-hybridized carbons (Fsp3) is 0.647. The van der Waals surface area contributed by atoms with E-state index in [1.165, 1.54) is 17.5 Å².